The van der Waals surface area contributed by atoms with Crippen LogP contribution in [-0.2, 0) is 11.3 Å². The van der Waals surface area contributed by atoms with Crippen molar-refractivity contribution in [2.45, 2.75) is 33.4 Å². The van der Waals surface area contributed by atoms with Gasteiger partial charge < -0.3 is 5.11 Å². The maximum Gasteiger partial charge on any atom is 0.317 e. The summed E-state index contributed by atoms with van der Waals surface area (Å²) in [5.74, 6) is -0.777. The molecule has 3 nitrogen and oxygen atoms in total. The number of hydrogen-bond acceptors (Lipinski definition) is 3. The first-order chi connectivity index (χ1) is 7.40. The van der Waals surface area contributed by atoms with Gasteiger partial charge in [-0.15, -0.1) is 11.3 Å². The lowest BCUT2D eigenvalue weighted by Gasteiger charge is -2.23. The first kappa shape index (κ1) is 13.7. The maximum atomic E-state index is 10.7. The Morgan fingerprint density at radius 1 is 1.62 bits per heavy atom. The van der Waals surface area contributed by atoms with Crippen molar-refractivity contribution >= 4 is 33.2 Å². The molecule has 0 aromatic carbocycles. The molecule has 0 bridgehead atoms. The normalized spacial score (nSPS) is 11.4. The minimum atomic E-state index is -0.777. The molecule has 1 rings (SSSR count). The minimum Gasteiger partial charge on any atom is -0.480 e. The van der Waals surface area contributed by atoms with Gasteiger partial charge in [0.05, 0.1) is 6.54 Å². The fourth-order valence-corrected chi connectivity index (χ4v) is 3.02. The molecule has 5 heteroatoms. The van der Waals surface area contributed by atoms with Crippen LogP contribution < -0.4 is 0 Å². The number of thiophene rings is 1. The first-order valence-corrected chi connectivity index (χ1v) is 6.71. The van der Waals surface area contributed by atoms with Crippen LogP contribution >= 0.6 is 27.3 Å². The van der Waals surface area contributed by atoms with E-state index in [1.165, 1.54) is 9.75 Å². The average Bonchev–Trinajstić information content (AvgIpc) is 2.44. The van der Waals surface area contributed by atoms with Crippen LogP contribution in [0, 0.1) is 6.92 Å². The third kappa shape index (κ3) is 3.88. The van der Waals surface area contributed by atoms with Crippen molar-refractivity contribution in [2.24, 2.45) is 0 Å². The molecule has 0 amide bonds. The van der Waals surface area contributed by atoms with Crippen molar-refractivity contribution < 1.29 is 9.90 Å². The molecule has 1 N–H and O–H groups in total. The van der Waals surface area contributed by atoms with Gasteiger partial charge in [-0.25, -0.2) is 0 Å². The number of aryl methyl sites for hydroxylation is 1. The number of hydrogen-bond donors (Lipinski definition) is 1. The summed E-state index contributed by atoms with van der Waals surface area (Å²) in [5, 5.41) is 8.82. The lowest BCUT2D eigenvalue weighted by atomic mass is 10.3. The van der Waals surface area contributed by atoms with E-state index < -0.39 is 5.97 Å². The second kappa shape index (κ2) is 5.80. The zero-order chi connectivity index (χ0) is 12.3. The molecule has 0 unspecified atom stereocenters. The summed E-state index contributed by atoms with van der Waals surface area (Å²) in [7, 11) is 0. The van der Waals surface area contributed by atoms with Gasteiger partial charge >= 0.3 is 5.97 Å². The van der Waals surface area contributed by atoms with E-state index in [0.717, 1.165) is 4.47 Å². The number of aliphatic carboxylic acids is 1. The largest absolute Gasteiger partial charge is 0.480 e. The molecule has 1 aromatic heterocycles. The van der Waals surface area contributed by atoms with E-state index >= 15 is 0 Å². The smallest absolute Gasteiger partial charge is 0.317 e. The number of halogens is 1. The zero-order valence-corrected chi connectivity index (χ0v) is 12.1. The Balaban J connectivity index is 2.71. The van der Waals surface area contributed by atoms with Crippen LogP contribution in [0.5, 0.6) is 0 Å². The van der Waals surface area contributed by atoms with E-state index in [4.69, 9.17) is 5.11 Å². The number of carboxylic acid groups (broad SMARTS) is 1. The average molecular weight is 306 g/mol. The van der Waals surface area contributed by atoms with Gasteiger partial charge in [-0.2, -0.15) is 0 Å². The molecular weight excluding hydrogens is 290 g/mol. The SMILES string of the molecule is Cc1sc(CN(CC(=O)O)C(C)C)cc1Br. The van der Waals surface area contributed by atoms with Gasteiger partial charge in [0.15, 0.2) is 0 Å². The fourth-order valence-electron chi connectivity index (χ4n) is 1.39. The van der Waals surface area contributed by atoms with Crippen LogP contribution in [0.2, 0.25) is 0 Å². The van der Waals surface area contributed by atoms with Crippen LogP contribution in [0.4, 0.5) is 0 Å². The predicted molar refractivity (Wildman–Crippen MR) is 69.9 cm³/mol. The highest BCUT2D eigenvalue weighted by Gasteiger charge is 2.15. The van der Waals surface area contributed by atoms with E-state index in [-0.39, 0.29) is 12.6 Å². The first-order valence-electron chi connectivity index (χ1n) is 5.10. The lowest BCUT2D eigenvalue weighted by Crippen LogP contribution is -2.34. The number of rotatable bonds is 5. The van der Waals surface area contributed by atoms with Gasteiger partial charge in [0.25, 0.3) is 0 Å². The van der Waals surface area contributed by atoms with Crippen LogP contribution in [0.3, 0.4) is 0 Å². The van der Waals surface area contributed by atoms with Crippen molar-refractivity contribution in [3.8, 4) is 0 Å². The molecule has 0 fully saturated rings. The Morgan fingerprint density at radius 3 is 2.62 bits per heavy atom. The molecule has 0 aliphatic heterocycles. The maximum absolute atomic E-state index is 10.7. The summed E-state index contributed by atoms with van der Waals surface area (Å²) in [6, 6.07) is 2.30. The summed E-state index contributed by atoms with van der Waals surface area (Å²) in [6.07, 6.45) is 0. The Morgan fingerprint density at radius 2 is 2.25 bits per heavy atom. The second-order valence-corrected chi connectivity index (χ2v) is 6.20. The number of carboxylic acids is 1. The molecule has 90 valence electrons. The van der Waals surface area contributed by atoms with Gasteiger partial charge in [-0.05, 0) is 42.8 Å². The Labute approximate surface area is 108 Å². The molecule has 1 heterocycles. The van der Waals surface area contributed by atoms with Crippen molar-refractivity contribution in [3.63, 3.8) is 0 Å². The highest BCUT2D eigenvalue weighted by molar-refractivity contribution is 9.10. The number of carbonyl (C=O) groups is 1. The Hall–Kier alpha value is -0.390. The van der Waals surface area contributed by atoms with Crippen molar-refractivity contribution in [2.75, 3.05) is 6.54 Å². The minimum absolute atomic E-state index is 0.0895. The molecule has 0 spiro atoms. The Kier molecular flexibility index (Phi) is 4.95. The third-order valence-corrected chi connectivity index (χ3v) is 4.46. The van der Waals surface area contributed by atoms with E-state index in [0.29, 0.717) is 6.54 Å². The van der Waals surface area contributed by atoms with Crippen LogP contribution in [0.25, 0.3) is 0 Å². The number of nitrogens with zero attached hydrogens (tertiary/aromatic N) is 1. The lowest BCUT2D eigenvalue weighted by molar-refractivity contribution is -0.138. The van der Waals surface area contributed by atoms with Crippen molar-refractivity contribution in [1.29, 1.82) is 0 Å². The predicted octanol–water partition coefficient (Wildman–Crippen LogP) is 3.11. The molecule has 0 radical (unpaired) electrons. The highest BCUT2D eigenvalue weighted by Crippen LogP contribution is 2.27. The summed E-state index contributed by atoms with van der Waals surface area (Å²) >= 11 is 5.18. The van der Waals surface area contributed by atoms with Crippen molar-refractivity contribution in [3.05, 3.63) is 20.3 Å². The highest BCUT2D eigenvalue weighted by atomic mass is 79.9. The van der Waals surface area contributed by atoms with Gasteiger partial charge in [0.2, 0.25) is 0 Å². The van der Waals surface area contributed by atoms with Crippen molar-refractivity contribution in [1.82, 2.24) is 4.90 Å². The molecule has 0 saturated carbocycles. The van der Waals surface area contributed by atoms with E-state index in [1.54, 1.807) is 11.3 Å². The second-order valence-electron chi connectivity index (χ2n) is 4.01. The Bertz CT molecular complexity index is 357. The molecule has 0 aliphatic rings. The van der Waals surface area contributed by atoms with Crippen LogP contribution in [0.1, 0.15) is 23.6 Å². The molecule has 16 heavy (non-hydrogen) atoms. The van der Waals surface area contributed by atoms with E-state index in [2.05, 4.69) is 28.9 Å². The topological polar surface area (TPSA) is 40.5 Å². The molecule has 0 saturated heterocycles. The standard InChI is InChI=1S/C11H16BrNO2S/c1-7(2)13(6-11(14)15)5-9-4-10(12)8(3)16-9/h4,7H,5-6H2,1-3H3,(H,14,15). The fraction of sp³-hybridized carbons (Fsp3) is 0.545. The summed E-state index contributed by atoms with van der Waals surface area (Å²) < 4.78 is 1.10. The molecule has 1 aromatic rings. The summed E-state index contributed by atoms with van der Waals surface area (Å²) in [6.45, 7) is 6.86. The van der Waals surface area contributed by atoms with Gasteiger partial charge in [-0.3, -0.25) is 9.69 Å². The zero-order valence-electron chi connectivity index (χ0n) is 9.66. The third-order valence-electron chi connectivity index (χ3n) is 2.34. The summed E-state index contributed by atoms with van der Waals surface area (Å²) in [4.78, 5) is 15.1. The van der Waals surface area contributed by atoms with E-state index in [1.807, 2.05) is 18.7 Å². The molecule has 0 aliphatic carbocycles. The monoisotopic (exact) mass is 305 g/mol. The quantitative estimate of drug-likeness (QED) is 0.908. The molecular formula is C11H16BrNO2S. The summed E-state index contributed by atoms with van der Waals surface area (Å²) in [5.41, 5.74) is 0. The van der Waals surface area contributed by atoms with Crippen LogP contribution in [0.15, 0.2) is 10.5 Å². The van der Waals surface area contributed by atoms with Crippen LogP contribution in [-0.4, -0.2) is 28.6 Å². The van der Waals surface area contributed by atoms with E-state index in [9.17, 15) is 4.79 Å². The van der Waals surface area contributed by atoms with Gasteiger partial charge in [0.1, 0.15) is 0 Å². The van der Waals surface area contributed by atoms with Gasteiger partial charge in [0, 0.05) is 26.8 Å². The van der Waals surface area contributed by atoms with Gasteiger partial charge in [-0.1, -0.05) is 0 Å². The molecule has 0 atom stereocenters.